The van der Waals surface area contributed by atoms with Crippen LogP contribution >= 0.6 is 0 Å². The second-order valence-corrected chi connectivity index (χ2v) is 7.56. The van der Waals surface area contributed by atoms with Gasteiger partial charge < -0.3 is 24.4 Å². The van der Waals surface area contributed by atoms with Crippen LogP contribution in [0.3, 0.4) is 0 Å². The number of carboxylic acid groups (broad SMARTS) is 1. The van der Waals surface area contributed by atoms with E-state index in [1.54, 1.807) is 6.92 Å². The molecule has 0 spiro atoms. The zero-order chi connectivity index (χ0) is 21.3. The van der Waals surface area contributed by atoms with Crippen LogP contribution < -0.4 is 4.74 Å². The van der Waals surface area contributed by atoms with Crippen molar-refractivity contribution < 1.29 is 29.2 Å². The van der Waals surface area contributed by atoms with Gasteiger partial charge >= 0.3 is 5.97 Å². The van der Waals surface area contributed by atoms with Crippen LogP contribution in [0.5, 0.6) is 11.5 Å². The average molecular weight is 414 g/mol. The molecule has 1 unspecified atom stereocenters. The molecule has 0 bridgehead atoms. The van der Waals surface area contributed by atoms with Gasteiger partial charge in [0.15, 0.2) is 6.29 Å². The summed E-state index contributed by atoms with van der Waals surface area (Å²) in [5.74, 6) is -0.389. The van der Waals surface area contributed by atoms with Crippen molar-refractivity contribution in [2.45, 2.75) is 57.5 Å². The molecular formula is C24H30O6. The minimum absolute atomic E-state index is 0.184. The van der Waals surface area contributed by atoms with Gasteiger partial charge in [0.1, 0.15) is 11.5 Å². The molecule has 1 heterocycles. The van der Waals surface area contributed by atoms with E-state index in [-0.39, 0.29) is 12.7 Å². The van der Waals surface area contributed by atoms with E-state index in [1.165, 1.54) is 0 Å². The highest BCUT2D eigenvalue weighted by molar-refractivity contribution is 5.70. The third kappa shape index (κ3) is 6.29. The Kier molecular flexibility index (Phi) is 8.25. The Labute approximate surface area is 177 Å². The molecule has 162 valence electrons. The van der Waals surface area contributed by atoms with E-state index >= 15 is 0 Å². The molecule has 1 saturated heterocycles. The summed E-state index contributed by atoms with van der Waals surface area (Å²) in [7, 11) is 0. The van der Waals surface area contributed by atoms with Crippen LogP contribution in [-0.2, 0) is 14.3 Å². The van der Waals surface area contributed by atoms with E-state index in [4.69, 9.17) is 14.2 Å². The summed E-state index contributed by atoms with van der Waals surface area (Å²) in [6.07, 6.45) is 1.53. The standard InChI is InChI=1S/C24H30O6/c1-2-20(24(26)27)21(25)16-22(30-23-10-6-7-15-28-23)17-11-13-19(14-12-17)29-18-8-4-3-5-9-18/h3-5,8-9,11-14,20-23,25H,2,6-7,10,15-16H2,1H3,(H,26,27)/t20-,21-,22+,23?/m0/s1. The number of aliphatic hydroxyl groups is 1. The van der Waals surface area contributed by atoms with Crippen LogP contribution in [-0.4, -0.2) is 35.2 Å². The Morgan fingerprint density at radius 3 is 2.40 bits per heavy atom. The number of hydrogen-bond donors (Lipinski definition) is 2. The summed E-state index contributed by atoms with van der Waals surface area (Å²) in [6.45, 7) is 2.41. The van der Waals surface area contributed by atoms with E-state index in [1.807, 2.05) is 54.6 Å². The van der Waals surface area contributed by atoms with Gasteiger partial charge in [-0.05, 0) is 55.5 Å². The highest BCUT2D eigenvalue weighted by atomic mass is 16.7. The molecule has 6 heteroatoms. The quantitative estimate of drug-likeness (QED) is 0.574. The molecule has 6 nitrogen and oxygen atoms in total. The molecule has 0 saturated carbocycles. The largest absolute Gasteiger partial charge is 0.481 e. The lowest BCUT2D eigenvalue weighted by Gasteiger charge is -2.30. The number of para-hydroxylation sites is 1. The first-order valence-corrected chi connectivity index (χ1v) is 10.6. The number of ether oxygens (including phenoxy) is 3. The van der Waals surface area contributed by atoms with Crippen LogP contribution in [0.15, 0.2) is 54.6 Å². The lowest BCUT2D eigenvalue weighted by atomic mass is 9.92. The van der Waals surface area contributed by atoms with Crippen molar-refractivity contribution in [2.75, 3.05) is 6.61 Å². The number of aliphatic hydroxyl groups excluding tert-OH is 1. The molecule has 2 N–H and O–H groups in total. The molecule has 4 atom stereocenters. The predicted molar refractivity (Wildman–Crippen MR) is 112 cm³/mol. The van der Waals surface area contributed by atoms with Gasteiger partial charge in [0.2, 0.25) is 0 Å². The highest BCUT2D eigenvalue weighted by Crippen LogP contribution is 2.32. The molecule has 1 aliphatic rings. The van der Waals surface area contributed by atoms with Gasteiger partial charge in [0.25, 0.3) is 0 Å². The molecule has 1 aliphatic heterocycles. The van der Waals surface area contributed by atoms with Gasteiger partial charge in [-0.2, -0.15) is 0 Å². The number of aliphatic carboxylic acids is 1. The molecule has 0 radical (unpaired) electrons. The van der Waals surface area contributed by atoms with Gasteiger partial charge in [0.05, 0.1) is 18.1 Å². The maximum absolute atomic E-state index is 11.5. The second kappa shape index (κ2) is 11.1. The maximum atomic E-state index is 11.5. The smallest absolute Gasteiger partial charge is 0.309 e. The lowest BCUT2D eigenvalue weighted by Crippen LogP contribution is -2.31. The minimum atomic E-state index is -1.01. The summed E-state index contributed by atoms with van der Waals surface area (Å²) in [5, 5.41) is 19.9. The number of carbonyl (C=O) groups is 1. The molecule has 2 aromatic rings. The van der Waals surface area contributed by atoms with Crippen LogP contribution in [0.4, 0.5) is 0 Å². The topological polar surface area (TPSA) is 85.2 Å². The third-order valence-electron chi connectivity index (χ3n) is 5.36. The number of benzene rings is 2. The molecule has 2 aromatic carbocycles. The fraction of sp³-hybridized carbons (Fsp3) is 0.458. The zero-order valence-corrected chi connectivity index (χ0v) is 17.3. The van der Waals surface area contributed by atoms with Gasteiger partial charge in [0, 0.05) is 13.0 Å². The van der Waals surface area contributed by atoms with E-state index in [2.05, 4.69) is 0 Å². The average Bonchev–Trinajstić information content (AvgIpc) is 2.75. The Bertz CT molecular complexity index is 770. The monoisotopic (exact) mass is 414 g/mol. The summed E-state index contributed by atoms with van der Waals surface area (Å²) < 4.78 is 17.7. The first kappa shape index (κ1) is 22.3. The highest BCUT2D eigenvalue weighted by Gasteiger charge is 2.30. The third-order valence-corrected chi connectivity index (χ3v) is 5.36. The van der Waals surface area contributed by atoms with Gasteiger partial charge in [-0.3, -0.25) is 4.79 Å². The first-order chi connectivity index (χ1) is 14.6. The molecule has 1 fully saturated rings. The van der Waals surface area contributed by atoms with Crippen LogP contribution in [0.25, 0.3) is 0 Å². The Balaban J connectivity index is 1.73. The SMILES string of the molecule is CC[C@H](C(=O)O)[C@@H](O)C[C@@H](OC1CCCCO1)c1ccc(Oc2ccccc2)cc1. The summed E-state index contributed by atoms with van der Waals surface area (Å²) >= 11 is 0. The maximum Gasteiger partial charge on any atom is 0.309 e. The summed E-state index contributed by atoms with van der Waals surface area (Å²) in [4.78, 5) is 11.5. The zero-order valence-electron chi connectivity index (χ0n) is 17.3. The lowest BCUT2D eigenvalue weighted by molar-refractivity contribution is -0.196. The van der Waals surface area contributed by atoms with E-state index in [0.29, 0.717) is 18.8 Å². The first-order valence-electron chi connectivity index (χ1n) is 10.6. The second-order valence-electron chi connectivity index (χ2n) is 7.56. The Morgan fingerprint density at radius 1 is 1.10 bits per heavy atom. The molecule has 0 aromatic heterocycles. The number of hydrogen-bond acceptors (Lipinski definition) is 5. The van der Waals surface area contributed by atoms with Crippen LogP contribution in [0, 0.1) is 5.92 Å². The van der Waals surface area contributed by atoms with Crippen molar-refractivity contribution in [3.63, 3.8) is 0 Å². The summed E-state index contributed by atoms with van der Waals surface area (Å²) in [5.41, 5.74) is 0.851. The van der Waals surface area contributed by atoms with Crippen molar-refractivity contribution >= 4 is 5.97 Å². The normalized spacial score (nSPS) is 19.6. The fourth-order valence-corrected chi connectivity index (χ4v) is 3.64. The fourth-order valence-electron chi connectivity index (χ4n) is 3.64. The van der Waals surface area contributed by atoms with Crippen molar-refractivity contribution in [1.82, 2.24) is 0 Å². The number of rotatable bonds is 10. The van der Waals surface area contributed by atoms with Crippen molar-refractivity contribution in [2.24, 2.45) is 5.92 Å². The summed E-state index contributed by atoms with van der Waals surface area (Å²) in [6, 6.07) is 17.0. The Hall–Kier alpha value is -2.41. The van der Waals surface area contributed by atoms with E-state index in [0.717, 1.165) is 30.6 Å². The molecule has 0 aliphatic carbocycles. The molecular weight excluding hydrogens is 384 g/mol. The van der Waals surface area contributed by atoms with Crippen molar-refractivity contribution in [3.8, 4) is 11.5 Å². The molecule has 0 amide bonds. The van der Waals surface area contributed by atoms with Gasteiger partial charge in [-0.15, -0.1) is 0 Å². The Morgan fingerprint density at radius 2 is 1.80 bits per heavy atom. The van der Waals surface area contributed by atoms with Crippen molar-refractivity contribution in [3.05, 3.63) is 60.2 Å². The van der Waals surface area contributed by atoms with Crippen LogP contribution in [0.2, 0.25) is 0 Å². The van der Waals surface area contributed by atoms with Gasteiger partial charge in [-0.1, -0.05) is 37.3 Å². The van der Waals surface area contributed by atoms with Gasteiger partial charge in [-0.25, -0.2) is 0 Å². The minimum Gasteiger partial charge on any atom is -0.481 e. The number of carboxylic acids is 1. The molecule has 30 heavy (non-hydrogen) atoms. The van der Waals surface area contributed by atoms with Crippen molar-refractivity contribution in [1.29, 1.82) is 0 Å². The van der Waals surface area contributed by atoms with E-state index < -0.39 is 24.1 Å². The van der Waals surface area contributed by atoms with E-state index in [9.17, 15) is 15.0 Å². The van der Waals surface area contributed by atoms with Crippen LogP contribution in [0.1, 0.15) is 50.7 Å². The molecule has 3 rings (SSSR count). The predicted octanol–water partition coefficient (Wildman–Crippen LogP) is 4.93.